The second-order valence-corrected chi connectivity index (χ2v) is 9.68. The van der Waals surface area contributed by atoms with Crippen LogP contribution >= 0.6 is 0 Å². The fraction of sp³-hybridized carbons (Fsp3) is 0.182. The standard InChI is InChI=1S/C33H30N2O6/c1-24(36)41-33(34-28-15-9-4-10-16-28)23-35(32(33)38)30(31(37)40-22-26-13-7-3-8-14-26)27-17-19-29(20-18-27)39-21-25-11-5-2-6-12-25/h2-20,30,34H,21-23H2,1H3. The summed E-state index contributed by atoms with van der Waals surface area (Å²) in [6, 6.07) is 34.0. The first-order chi connectivity index (χ1) is 19.9. The molecule has 1 aliphatic rings. The van der Waals surface area contributed by atoms with E-state index in [1.54, 1.807) is 48.5 Å². The molecule has 208 valence electrons. The predicted molar refractivity (Wildman–Crippen MR) is 152 cm³/mol. The topological polar surface area (TPSA) is 94.2 Å². The third kappa shape index (κ3) is 6.55. The molecule has 4 aromatic rings. The Balaban J connectivity index is 1.37. The third-order valence-electron chi connectivity index (χ3n) is 6.64. The van der Waals surface area contributed by atoms with Crippen LogP contribution in [0.15, 0.2) is 115 Å². The van der Waals surface area contributed by atoms with E-state index in [2.05, 4.69) is 5.32 Å². The van der Waals surface area contributed by atoms with Gasteiger partial charge in [-0.2, -0.15) is 0 Å². The fourth-order valence-electron chi connectivity index (χ4n) is 4.66. The number of hydrogen-bond donors (Lipinski definition) is 1. The quantitative estimate of drug-likeness (QED) is 0.155. The molecule has 4 aromatic carbocycles. The fourth-order valence-corrected chi connectivity index (χ4v) is 4.66. The van der Waals surface area contributed by atoms with Gasteiger partial charge in [-0.05, 0) is 41.0 Å². The van der Waals surface area contributed by atoms with Crippen molar-refractivity contribution in [1.29, 1.82) is 0 Å². The van der Waals surface area contributed by atoms with Gasteiger partial charge in [-0.1, -0.05) is 91.0 Å². The first kappa shape index (κ1) is 27.5. The molecule has 41 heavy (non-hydrogen) atoms. The van der Waals surface area contributed by atoms with E-state index >= 15 is 0 Å². The normalized spacial score (nSPS) is 16.7. The summed E-state index contributed by atoms with van der Waals surface area (Å²) in [7, 11) is 0. The maximum atomic E-state index is 13.7. The summed E-state index contributed by atoms with van der Waals surface area (Å²) < 4.78 is 17.0. The number of benzene rings is 4. The van der Waals surface area contributed by atoms with E-state index < -0.39 is 29.6 Å². The monoisotopic (exact) mass is 550 g/mol. The van der Waals surface area contributed by atoms with Crippen LogP contribution < -0.4 is 10.1 Å². The van der Waals surface area contributed by atoms with Crippen LogP contribution in [0.2, 0.25) is 0 Å². The summed E-state index contributed by atoms with van der Waals surface area (Å²) >= 11 is 0. The number of amides is 1. The van der Waals surface area contributed by atoms with Crippen LogP contribution in [0, 0.1) is 0 Å². The molecule has 0 aromatic heterocycles. The number of likely N-dealkylation sites (tertiary alicyclic amines) is 1. The van der Waals surface area contributed by atoms with Crippen LogP contribution in [0.25, 0.3) is 0 Å². The maximum Gasteiger partial charge on any atom is 0.333 e. The molecule has 1 saturated heterocycles. The minimum absolute atomic E-state index is 0.0494. The number of para-hydroxylation sites is 1. The summed E-state index contributed by atoms with van der Waals surface area (Å²) in [4.78, 5) is 40.5. The Bertz CT molecular complexity index is 1480. The van der Waals surface area contributed by atoms with Gasteiger partial charge in [-0.15, -0.1) is 0 Å². The molecule has 2 atom stereocenters. The van der Waals surface area contributed by atoms with E-state index in [0.29, 0.717) is 23.6 Å². The van der Waals surface area contributed by atoms with E-state index in [0.717, 1.165) is 11.1 Å². The number of carbonyl (C=O) groups excluding carboxylic acids is 3. The van der Waals surface area contributed by atoms with Gasteiger partial charge in [0.2, 0.25) is 0 Å². The summed E-state index contributed by atoms with van der Waals surface area (Å²) in [6.07, 6.45) is 0. The lowest BCUT2D eigenvalue weighted by Gasteiger charge is -2.50. The number of ether oxygens (including phenoxy) is 3. The highest BCUT2D eigenvalue weighted by molar-refractivity contribution is 5.99. The van der Waals surface area contributed by atoms with E-state index in [1.807, 2.05) is 66.7 Å². The van der Waals surface area contributed by atoms with Crippen molar-refractivity contribution < 1.29 is 28.6 Å². The van der Waals surface area contributed by atoms with E-state index in [4.69, 9.17) is 14.2 Å². The van der Waals surface area contributed by atoms with E-state index in [1.165, 1.54) is 11.8 Å². The highest BCUT2D eigenvalue weighted by Crippen LogP contribution is 2.37. The van der Waals surface area contributed by atoms with Gasteiger partial charge in [-0.25, -0.2) is 4.79 Å². The number of anilines is 1. The Morgan fingerprint density at radius 2 is 1.37 bits per heavy atom. The summed E-state index contributed by atoms with van der Waals surface area (Å²) in [5.41, 5.74) is 1.35. The average Bonchev–Trinajstić information content (AvgIpc) is 3.00. The first-order valence-corrected chi connectivity index (χ1v) is 13.2. The minimum Gasteiger partial charge on any atom is -0.489 e. The number of nitrogens with zero attached hydrogens (tertiary/aromatic N) is 1. The molecule has 0 spiro atoms. The molecule has 8 heteroatoms. The van der Waals surface area contributed by atoms with Gasteiger partial charge in [0, 0.05) is 12.6 Å². The van der Waals surface area contributed by atoms with Crippen LogP contribution in [0.1, 0.15) is 29.7 Å². The Labute approximate surface area is 238 Å². The number of β-lactam (4-membered cyclic amide) rings is 1. The Kier molecular flexibility index (Phi) is 8.29. The number of carbonyl (C=O) groups is 3. The van der Waals surface area contributed by atoms with Gasteiger partial charge in [0.25, 0.3) is 11.6 Å². The van der Waals surface area contributed by atoms with Gasteiger partial charge in [0.1, 0.15) is 19.0 Å². The number of hydrogen-bond acceptors (Lipinski definition) is 7. The smallest absolute Gasteiger partial charge is 0.333 e. The molecule has 1 heterocycles. The lowest BCUT2D eigenvalue weighted by Crippen LogP contribution is -2.73. The van der Waals surface area contributed by atoms with E-state index in [9.17, 15) is 14.4 Å². The van der Waals surface area contributed by atoms with Crippen LogP contribution in [0.4, 0.5) is 5.69 Å². The van der Waals surface area contributed by atoms with Crippen LogP contribution in [-0.2, 0) is 37.1 Å². The Hall–Kier alpha value is -5.11. The van der Waals surface area contributed by atoms with E-state index in [-0.39, 0.29) is 13.2 Å². The number of rotatable bonds is 11. The van der Waals surface area contributed by atoms with Crippen molar-refractivity contribution in [2.24, 2.45) is 0 Å². The molecule has 1 aliphatic heterocycles. The largest absolute Gasteiger partial charge is 0.489 e. The van der Waals surface area contributed by atoms with Gasteiger partial charge in [0.05, 0.1) is 6.54 Å². The van der Waals surface area contributed by atoms with Crippen LogP contribution in [0.5, 0.6) is 5.75 Å². The first-order valence-electron chi connectivity index (χ1n) is 13.2. The summed E-state index contributed by atoms with van der Waals surface area (Å²) in [5, 5.41) is 3.04. The highest BCUT2D eigenvalue weighted by atomic mass is 16.6. The molecule has 1 amide bonds. The number of nitrogens with one attached hydrogen (secondary N) is 1. The number of esters is 2. The van der Waals surface area contributed by atoms with Crippen molar-refractivity contribution in [2.75, 3.05) is 11.9 Å². The van der Waals surface area contributed by atoms with Crippen molar-refractivity contribution in [2.45, 2.75) is 31.9 Å². The molecule has 0 aliphatic carbocycles. The third-order valence-corrected chi connectivity index (χ3v) is 6.64. The highest BCUT2D eigenvalue weighted by Gasteiger charge is 2.59. The van der Waals surface area contributed by atoms with Crippen molar-refractivity contribution >= 4 is 23.5 Å². The molecule has 1 fully saturated rings. The molecule has 1 N–H and O–H groups in total. The van der Waals surface area contributed by atoms with Crippen molar-refractivity contribution in [3.63, 3.8) is 0 Å². The molecule has 0 radical (unpaired) electrons. The Morgan fingerprint density at radius 3 is 1.93 bits per heavy atom. The second kappa shape index (κ2) is 12.4. The van der Waals surface area contributed by atoms with Crippen molar-refractivity contribution in [1.82, 2.24) is 4.90 Å². The molecule has 0 bridgehead atoms. The molecule has 0 saturated carbocycles. The average molecular weight is 551 g/mol. The van der Waals surface area contributed by atoms with Gasteiger partial charge < -0.3 is 24.4 Å². The summed E-state index contributed by atoms with van der Waals surface area (Å²) in [5.74, 6) is -1.16. The van der Waals surface area contributed by atoms with Crippen LogP contribution in [0.3, 0.4) is 0 Å². The van der Waals surface area contributed by atoms with Crippen molar-refractivity contribution in [3.05, 3.63) is 132 Å². The SMILES string of the molecule is CC(=O)OC1(Nc2ccccc2)CN(C(C(=O)OCc2ccccc2)c2ccc(OCc3ccccc3)cc2)C1=O. The second-order valence-electron chi connectivity index (χ2n) is 9.68. The zero-order valence-electron chi connectivity index (χ0n) is 22.6. The zero-order chi connectivity index (χ0) is 28.7. The summed E-state index contributed by atoms with van der Waals surface area (Å²) in [6.45, 7) is 1.62. The maximum absolute atomic E-state index is 13.7. The molecule has 2 unspecified atom stereocenters. The Morgan fingerprint density at radius 1 is 0.805 bits per heavy atom. The van der Waals surface area contributed by atoms with Gasteiger partial charge >= 0.3 is 11.9 Å². The lowest BCUT2D eigenvalue weighted by molar-refractivity contribution is -0.195. The predicted octanol–water partition coefficient (Wildman–Crippen LogP) is 5.26. The van der Waals surface area contributed by atoms with Crippen molar-refractivity contribution in [3.8, 4) is 5.75 Å². The lowest BCUT2D eigenvalue weighted by atomic mass is 9.94. The minimum atomic E-state index is -1.64. The molecule has 8 nitrogen and oxygen atoms in total. The molecule has 5 rings (SSSR count). The zero-order valence-corrected chi connectivity index (χ0v) is 22.6. The van der Waals surface area contributed by atoms with Crippen LogP contribution in [-0.4, -0.2) is 35.0 Å². The molecular weight excluding hydrogens is 520 g/mol. The van der Waals surface area contributed by atoms with Gasteiger partial charge in [0.15, 0.2) is 6.04 Å². The molecular formula is C33H30N2O6. The van der Waals surface area contributed by atoms with Gasteiger partial charge in [-0.3, -0.25) is 9.59 Å².